The zero-order valence-electron chi connectivity index (χ0n) is 18.6. The smallest absolute Gasteiger partial charge is 0.260 e. The molecule has 1 aliphatic heterocycles. The van der Waals surface area contributed by atoms with E-state index in [1.807, 2.05) is 29.2 Å². The van der Waals surface area contributed by atoms with Crippen LogP contribution in [0.2, 0.25) is 0 Å². The molecule has 1 aliphatic carbocycles. The Kier molecular flexibility index (Phi) is 6.91. The number of para-hydroxylation sites is 1. The highest BCUT2D eigenvalue weighted by atomic mass is 19.1. The second-order valence-electron chi connectivity index (χ2n) is 9.11. The summed E-state index contributed by atoms with van der Waals surface area (Å²) < 4.78 is 19.2. The molecule has 0 aromatic heterocycles. The average molecular weight is 425 g/mol. The van der Waals surface area contributed by atoms with Gasteiger partial charge in [-0.15, -0.1) is 0 Å². The maximum absolute atomic E-state index is 13.2. The van der Waals surface area contributed by atoms with E-state index in [2.05, 4.69) is 30.9 Å². The maximum atomic E-state index is 13.2. The second-order valence-corrected chi connectivity index (χ2v) is 9.11. The van der Waals surface area contributed by atoms with Gasteiger partial charge in [-0.25, -0.2) is 4.39 Å². The van der Waals surface area contributed by atoms with Gasteiger partial charge in [-0.3, -0.25) is 9.69 Å². The highest BCUT2D eigenvalue weighted by molar-refractivity contribution is 5.78. The van der Waals surface area contributed by atoms with Crippen LogP contribution in [0.3, 0.4) is 0 Å². The molecule has 1 saturated carbocycles. The lowest BCUT2D eigenvalue weighted by Crippen LogP contribution is -2.58. The predicted molar refractivity (Wildman–Crippen MR) is 121 cm³/mol. The maximum Gasteiger partial charge on any atom is 0.260 e. The Morgan fingerprint density at radius 3 is 2.45 bits per heavy atom. The Balaban J connectivity index is 1.34. The Labute approximate surface area is 185 Å². The van der Waals surface area contributed by atoms with Crippen LogP contribution < -0.4 is 4.74 Å². The Morgan fingerprint density at radius 2 is 1.71 bits per heavy atom. The lowest BCUT2D eigenvalue weighted by atomic mass is 9.97. The molecule has 2 aliphatic rings. The fraction of sp³-hybridized carbons (Fsp3) is 0.500. The van der Waals surface area contributed by atoms with E-state index < -0.39 is 0 Å². The molecular formula is C26H33FN2O2. The van der Waals surface area contributed by atoms with Gasteiger partial charge in [0, 0.05) is 31.7 Å². The molecule has 2 fully saturated rings. The van der Waals surface area contributed by atoms with Gasteiger partial charge in [0.25, 0.3) is 5.91 Å². The van der Waals surface area contributed by atoms with E-state index in [-0.39, 0.29) is 30.4 Å². The number of amides is 1. The molecule has 31 heavy (non-hydrogen) atoms. The largest absolute Gasteiger partial charge is 0.483 e. The molecule has 0 unspecified atom stereocenters. The molecule has 2 aromatic carbocycles. The van der Waals surface area contributed by atoms with Gasteiger partial charge in [-0.05, 0) is 61.9 Å². The van der Waals surface area contributed by atoms with Crippen molar-refractivity contribution in [2.24, 2.45) is 0 Å². The van der Waals surface area contributed by atoms with E-state index in [1.54, 1.807) is 0 Å². The topological polar surface area (TPSA) is 32.8 Å². The molecule has 0 bridgehead atoms. The normalized spacial score (nSPS) is 22.6. The molecule has 0 N–H and O–H groups in total. The zero-order valence-corrected chi connectivity index (χ0v) is 18.6. The van der Waals surface area contributed by atoms with E-state index >= 15 is 0 Å². The van der Waals surface area contributed by atoms with Crippen molar-refractivity contribution >= 4 is 5.91 Å². The summed E-state index contributed by atoms with van der Waals surface area (Å²) in [5.74, 6) is 1.25. The molecule has 1 saturated heterocycles. The summed E-state index contributed by atoms with van der Waals surface area (Å²) in [6, 6.07) is 15.2. The number of carbonyl (C=O) groups is 1. The molecule has 2 atom stereocenters. The number of halogens is 1. The first-order valence-corrected chi connectivity index (χ1v) is 11.5. The average Bonchev–Trinajstić information content (AvgIpc) is 3.31. The fourth-order valence-electron chi connectivity index (χ4n) is 5.00. The molecule has 1 amide bonds. The predicted octanol–water partition coefficient (Wildman–Crippen LogP) is 4.98. The lowest BCUT2D eigenvalue weighted by Gasteiger charge is -2.44. The summed E-state index contributed by atoms with van der Waals surface area (Å²) in [7, 11) is 0. The standard InChI is InChI=1S/C26H33FN2O2/c1-19-16-29(20(2)15-28(19)17-21-11-13-23(27)14-12-21)26(30)18-31-25-10-6-5-9-24(25)22-7-3-4-8-22/h5-6,9-14,19-20,22H,3-4,7-8,15-18H2,1-2H3/t19-,20+/m0/s1. The van der Waals surface area contributed by atoms with Crippen LogP contribution in [0.15, 0.2) is 48.5 Å². The summed E-state index contributed by atoms with van der Waals surface area (Å²) in [6.45, 7) is 6.55. The van der Waals surface area contributed by atoms with Crippen molar-refractivity contribution in [2.75, 3.05) is 19.7 Å². The third-order valence-electron chi connectivity index (χ3n) is 6.80. The minimum atomic E-state index is -0.213. The molecule has 0 radical (unpaired) electrons. The van der Waals surface area contributed by atoms with Crippen LogP contribution in [0, 0.1) is 5.82 Å². The van der Waals surface area contributed by atoms with E-state index in [4.69, 9.17) is 4.74 Å². The van der Waals surface area contributed by atoms with Gasteiger partial charge in [0.05, 0.1) is 0 Å². The van der Waals surface area contributed by atoms with E-state index in [9.17, 15) is 9.18 Å². The number of hydrogen-bond donors (Lipinski definition) is 0. The zero-order chi connectivity index (χ0) is 21.8. The van der Waals surface area contributed by atoms with Crippen molar-refractivity contribution < 1.29 is 13.9 Å². The molecule has 0 spiro atoms. The summed E-state index contributed by atoms with van der Waals surface area (Å²) in [5.41, 5.74) is 2.34. The van der Waals surface area contributed by atoms with Crippen LogP contribution in [-0.4, -0.2) is 47.5 Å². The first-order valence-electron chi connectivity index (χ1n) is 11.5. The summed E-state index contributed by atoms with van der Waals surface area (Å²) in [4.78, 5) is 17.3. The third-order valence-corrected chi connectivity index (χ3v) is 6.80. The van der Waals surface area contributed by atoms with Gasteiger partial charge in [0.2, 0.25) is 0 Å². The van der Waals surface area contributed by atoms with Crippen LogP contribution in [0.25, 0.3) is 0 Å². The van der Waals surface area contributed by atoms with Gasteiger partial charge in [-0.1, -0.05) is 43.2 Å². The van der Waals surface area contributed by atoms with Crippen LogP contribution in [0.1, 0.15) is 56.6 Å². The number of benzene rings is 2. The lowest BCUT2D eigenvalue weighted by molar-refractivity contribution is -0.139. The summed E-state index contributed by atoms with van der Waals surface area (Å²) in [6.07, 6.45) is 4.96. The molecular weight excluding hydrogens is 391 g/mol. The number of rotatable bonds is 6. The van der Waals surface area contributed by atoms with Crippen molar-refractivity contribution in [3.8, 4) is 5.75 Å². The van der Waals surface area contributed by atoms with Crippen LogP contribution in [-0.2, 0) is 11.3 Å². The van der Waals surface area contributed by atoms with Crippen molar-refractivity contribution in [3.63, 3.8) is 0 Å². The van der Waals surface area contributed by atoms with Gasteiger partial charge in [0.1, 0.15) is 11.6 Å². The fourth-order valence-corrected chi connectivity index (χ4v) is 5.00. The van der Waals surface area contributed by atoms with Crippen molar-refractivity contribution in [1.29, 1.82) is 0 Å². The van der Waals surface area contributed by atoms with Crippen LogP contribution >= 0.6 is 0 Å². The molecule has 4 rings (SSSR count). The first-order chi connectivity index (χ1) is 15.0. The minimum Gasteiger partial charge on any atom is -0.483 e. The number of ether oxygens (including phenoxy) is 1. The first kappa shape index (κ1) is 21.8. The number of carbonyl (C=O) groups excluding carboxylic acids is 1. The molecule has 166 valence electrons. The van der Waals surface area contributed by atoms with Crippen molar-refractivity contribution in [3.05, 3.63) is 65.5 Å². The minimum absolute atomic E-state index is 0.0435. The molecule has 5 heteroatoms. The molecule has 4 nitrogen and oxygen atoms in total. The Morgan fingerprint density at radius 1 is 1.00 bits per heavy atom. The summed E-state index contributed by atoms with van der Waals surface area (Å²) >= 11 is 0. The van der Waals surface area contributed by atoms with Gasteiger partial charge < -0.3 is 9.64 Å². The van der Waals surface area contributed by atoms with E-state index in [1.165, 1.54) is 43.4 Å². The quantitative estimate of drug-likeness (QED) is 0.655. The van der Waals surface area contributed by atoms with E-state index in [0.717, 1.165) is 24.4 Å². The second kappa shape index (κ2) is 9.82. The van der Waals surface area contributed by atoms with Crippen LogP contribution in [0.5, 0.6) is 5.75 Å². The Bertz CT molecular complexity index is 879. The highest BCUT2D eigenvalue weighted by Crippen LogP contribution is 2.38. The number of hydrogen-bond acceptors (Lipinski definition) is 3. The Hall–Kier alpha value is -2.40. The molecule has 1 heterocycles. The van der Waals surface area contributed by atoms with E-state index in [0.29, 0.717) is 12.5 Å². The SMILES string of the molecule is C[C@@H]1CN(Cc2ccc(F)cc2)[C@@H](C)CN1C(=O)COc1ccccc1C1CCCC1. The van der Waals surface area contributed by atoms with Crippen molar-refractivity contribution in [1.82, 2.24) is 9.80 Å². The van der Waals surface area contributed by atoms with Crippen LogP contribution in [0.4, 0.5) is 4.39 Å². The van der Waals surface area contributed by atoms with Crippen molar-refractivity contribution in [2.45, 2.75) is 64.1 Å². The van der Waals surface area contributed by atoms with Gasteiger partial charge in [0.15, 0.2) is 6.61 Å². The van der Waals surface area contributed by atoms with Gasteiger partial charge in [-0.2, -0.15) is 0 Å². The summed E-state index contributed by atoms with van der Waals surface area (Å²) in [5, 5.41) is 0. The highest BCUT2D eigenvalue weighted by Gasteiger charge is 2.32. The third kappa shape index (κ3) is 5.27. The number of piperazine rings is 1. The van der Waals surface area contributed by atoms with Gasteiger partial charge >= 0.3 is 0 Å². The monoisotopic (exact) mass is 424 g/mol. The number of nitrogens with zero attached hydrogens (tertiary/aromatic N) is 2. The molecule has 2 aromatic rings.